The van der Waals surface area contributed by atoms with Crippen molar-refractivity contribution < 1.29 is 27.4 Å². The van der Waals surface area contributed by atoms with Crippen molar-refractivity contribution in [3.8, 4) is 16.9 Å². The van der Waals surface area contributed by atoms with Crippen LogP contribution in [0.4, 0.5) is 9.18 Å². The second kappa shape index (κ2) is 9.60. The Morgan fingerprint density at radius 3 is 2.24 bits per heavy atom. The third kappa shape index (κ3) is 6.24. The standard InChI is InChI=1S/C25H29FN2O5S/c1-16-18(15-23(29)27-24(30)33-25(2,3)4)14-22(28(16)20-10-8-19(26)9-11-20)17-6-12-21(13-7-17)34(5,31)32/h6-14,23,29H,15H2,1-5H3,(H,27,30)/t23-/m1/s1. The van der Waals surface area contributed by atoms with Crippen LogP contribution < -0.4 is 5.32 Å². The molecule has 1 aromatic heterocycles. The van der Waals surface area contributed by atoms with Crippen molar-refractivity contribution in [3.63, 3.8) is 0 Å². The molecule has 2 N–H and O–H groups in total. The molecule has 182 valence electrons. The number of nitrogens with zero attached hydrogens (tertiary/aromatic N) is 1. The van der Waals surface area contributed by atoms with Crippen molar-refractivity contribution in [1.29, 1.82) is 0 Å². The van der Waals surface area contributed by atoms with Crippen LogP contribution in [0, 0.1) is 12.7 Å². The molecule has 0 fully saturated rings. The molecule has 0 saturated heterocycles. The van der Waals surface area contributed by atoms with Crippen LogP contribution >= 0.6 is 0 Å². The highest BCUT2D eigenvalue weighted by molar-refractivity contribution is 7.90. The monoisotopic (exact) mass is 488 g/mol. The molecule has 0 spiro atoms. The molecule has 1 atom stereocenters. The van der Waals surface area contributed by atoms with Gasteiger partial charge in [0.15, 0.2) is 9.84 Å². The van der Waals surface area contributed by atoms with E-state index >= 15 is 0 Å². The molecule has 7 nitrogen and oxygen atoms in total. The molecule has 0 saturated carbocycles. The number of carbonyl (C=O) groups is 1. The van der Waals surface area contributed by atoms with Crippen LogP contribution in [0.1, 0.15) is 32.0 Å². The highest BCUT2D eigenvalue weighted by Gasteiger charge is 2.21. The number of carbonyl (C=O) groups excluding carboxylic acids is 1. The first-order chi connectivity index (χ1) is 15.7. The molecule has 9 heteroatoms. The highest BCUT2D eigenvalue weighted by Crippen LogP contribution is 2.31. The molecule has 0 radical (unpaired) electrons. The fraction of sp³-hybridized carbons (Fsp3) is 0.320. The van der Waals surface area contributed by atoms with E-state index in [1.165, 1.54) is 24.3 Å². The van der Waals surface area contributed by atoms with E-state index in [-0.39, 0.29) is 17.1 Å². The van der Waals surface area contributed by atoms with Gasteiger partial charge in [-0.05, 0) is 81.3 Å². The van der Waals surface area contributed by atoms with Crippen LogP contribution in [0.3, 0.4) is 0 Å². The Balaban J connectivity index is 1.99. The lowest BCUT2D eigenvalue weighted by Gasteiger charge is -2.21. The van der Waals surface area contributed by atoms with Crippen LogP contribution in [-0.2, 0) is 21.0 Å². The predicted molar refractivity (Wildman–Crippen MR) is 128 cm³/mol. The van der Waals surface area contributed by atoms with E-state index < -0.39 is 27.8 Å². The smallest absolute Gasteiger partial charge is 0.409 e. The molecule has 1 heterocycles. The van der Waals surface area contributed by atoms with Gasteiger partial charge in [0.25, 0.3) is 0 Å². The lowest BCUT2D eigenvalue weighted by atomic mass is 10.1. The lowest BCUT2D eigenvalue weighted by molar-refractivity contribution is 0.0359. The molecule has 0 aliphatic carbocycles. The Kier molecular flexibility index (Phi) is 7.18. The second-order valence-electron chi connectivity index (χ2n) is 9.11. The summed E-state index contributed by atoms with van der Waals surface area (Å²) in [6, 6.07) is 14.3. The van der Waals surface area contributed by atoms with Gasteiger partial charge in [-0.15, -0.1) is 0 Å². The number of hydrogen-bond donors (Lipinski definition) is 2. The SMILES string of the molecule is Cc1c(C[C@@H](O)NC(=O)OC(C)(C)C)cc(-c2ccc(S(C)(=O)=O)cc2)n1-c1ccc(F)cc1. The quantitative estimate of drug-likeness (QED) is 0.502. The van der Waals surface area contributed by atoms with Crippen molar-refractivity contribution in [2.75, 3.05) is 6.26 Å². The van der Waals surface area contributed by atoms with Gasteiger partial charge in [-0.3, -0.25) is 5.32 Å². The molecule has 0 aliphatic heterocycles. The van der Waals surface area contributed by atoms with Gasteiger partial charge in [0.05, 0.1) is 10.6 Å². The van der Waals surface area contributed by atoms with E-state index in [0.29, 0.717) is 5.69 Å². The third-order valence-corrected chi connectivity index (χ3v) is 6.24. The van der Waals surface area contributed by atoms with Gasteiger partial charge in [-0.2, -0.15) is 0 Å². The fourth-order valence-electron chi connectivity index (χ4n) is 3.58. The highest BCUT2D eigenvalue weighted by atomic mass is 32.2. The minimum Gasteiger partial charge on any atom is -0.444 e. The maximum Gasteiger partial charge on any atom is 0.409 e. The Morgan fingerprint density at radius 2 is 1.71 bits per heavy atom. The summed E-state index contributed by atoms with van der Waals surface area (Å²) < 4.78 is 44.3. The van der Waals surface area contributed by atoms with Crippen LogP contribution in [0.2, 0.25) is 0 Å². The summed E-state index contributed by atoms with van der Waals surface area (Å²) in [6.45, 7) is 7.04. The third-order valence-electron chi connectivity index (χ3n) is 5.11. The zero-order valence-electron chi connectivity index (χ0n) is 19.8. The van der Waals surface area contributed by atoms with Crippen LogP contribution in [-0.4, -0.2) is 42.3 Å². The van der Waals surface area contributed by atoms with E-state index in [9.17, 15) is 22.7 Å². The maximum absolute atomic E-state index is 13.5. The summed E-state index contributed by atoms with van der Waals surface area (Å²) in [6.07, 6.45) is -0.677. The number of aliphatic hydroxyl groups excluding tert-OH is 1. The first kappa shape index (κ1) is 25.5. The molecule has 3 aromatic rings. The van der Waals surface area contributed by atoms with Crippen LogP contribution in [0.15, 0.2) is 59.5 Å². The zero-order chi connectivity index (χ0) is 25.3. The molecule has 0 bridgehead atoms. The summed E-state index contributed by atoms with van der Waals surface area (Å²) in [7, 11) is -3.35. The molecular weight excluding hydrogens is 459 g/mol. The number of halogens is 1. The Morgan fingerprint density at radius 1 is 1.12 bits per heavy atom. The molecule has 2 aromatic carbocycles. The lowest BCUT2D eigenvalue weighted by Crippen LogP contribution is -2.40. The first-order valence-corrected chi connectivity index (χ1v) is 12.6. The predicted octanol–water partition coefficient (Wildman–Crippen LogP) is 4.38. The van der Waals surface area contributed by atoms with Crippen LogP contribution in [0.5, 0.6) is 0 Å². The molecular formula is C25H29FN2O5S. The average molecular weight is 489 g/mol. The molecule has 0 aliphatic rings. The van der Waals surface area contributed by atoms with Gasteiger partial charge < -0.3 is 14.4 Å². The largest absolute Gasteiger partial charge is 0.444 e. The zero-order valence-corrected chi connectivity index (χ0v) is 20.6. The van der Waals surface area contributed by atoms with Crippen molar-refractivity contribution in [2.24, 2.45) is 0 Å². The molecule has 34 heavy (non-hydrogen) atoms. The number of amides is 1. The van der Waals surface area contributed by atoms with E-state index in [0.717, 1.165) is 28.8 Å². The Bertz CT molecular complexity index is 1270. The summed E-state index contributed by atoms with van der Waals surface area (Å²) in [5, 5.41) is 12.9. The van der Waals surface area contributed by atoms with Crippen molar-refractivity contribution >= 4 is 15.9 Å². The van der Waals surface area contributed by atoms with Crippen molar-refractivity contribution in [3.05, 3.63) is 71.7 Å². The number of sulfone groups is 1. The van der Waals surface area contributed by atoms with Crippen LogP contribution in [0.25, 0.3) is 16.9 Å². The fourth-order valence-corrected chi connectivity index (χ4v) is 4.21. The van der Waals surface area contributed by atoms with Gasteiger partial charge in [-0.1, -0.05) is 12.1 Å². The number of nitrogens with one attached hydrogen (secondary N) is 1. The van der Waals surface area contributed by atoms with E-state index in [4.69, 9.17) is 4.74 Å². The topological polar surface area (TPSA) is 97.6 Å². The van der Waals surface area contributed by atoms with E-state index in [2.05, 4.69) is 5.32 Å². The molecule has 0 unspecified atom stereocenters. The number of rotatable bonds is 6. The van der Waals surface area contributed by atoms with Gasteiger partial charge in [0.1, 0.15) is 17.6 Å². The van der Waals surface area contributed by atoms with E-state index in [1.807, 2.05) is 17.6 Å². The average Bonchev–Trinajstić information content (AvgIpc) is 3.02. The number of hydrogen-bond acceptors (Lipinski definition) is 5. The Hall–Kier alpha value is -3.17. The number of alkyl carbamates (subject to hydrolysis) is 1. The molecule has 1 amide bonds. The summed E-state index contributed by atoms with van der Waals surface area (Å²) in [4.78, 5) is 12.2. The number of ether oxygens (including phenoxy) is 1. The van der Waals surface area contributed by atoms with Gasteiger partial charge >= 0.3 is 6.09 Å². The Labute approximate surface area is 199 Å². The maximum atomic E-state index is 13.5. The summed E-state index contributed by atoms with van der Waals surface area (Å²) in [5.41, 5.74) is 2.98. The second-order valence-corrected chi connectivity index (χ2v) is 11.1. The van der Waals surface area contributed by atoms with Crippen molar-refractivity contribution in [2.45, 2.75) is 50.8 Å². The summed E-state index contributed by atoms with van der Waals surface area (Å²) in [5.74, 6) is -0.371. The summed E-state index contributed by atoms with van der Waals surface area (Å²) >= 11 is 0. The minimum atomic E-state index is -3.35. The number of aliphatic hydroxyl groups is 1. The van der Waals surface area contributed by atoms with Gasteiger partial charge in [0.2, 0.25) is 0 Å². The number of aromatic nitrogens is 1. The van der Waals surface area contributed by atoms with Gasteiger partial charge in [-0.25, -0.2) is 17.6 Å². The normalized spacial score (nSPS) is 12.9. The number of benzene rings is 2. The first-order valence-electron chi connectivity index (χ1n) is 10.7. The minimum absolute atomic E-state index is 0.105. The van der Waals surface area contributed by atoms with Gasteiger partial charge in [0, 0.05) is 24.1 Å². The van der Waals surface area contributed by atoms with Crippen molar-refractivity contribution in [1.82, 2.24) is 9.88 Å². The van der Waals surface area contributed by atoms with E-state index in [1.54, 1.807) is 45.0 Å². The molecule has 3 rings (SSSR count).